The van der Waals surface area contributed by atoms with Crippen molar-refractivity contribution in [1.82, 2.24) is 5.32 Å². The van der Waals surface area contributed by atoms with Gasteiger partial charge in [-0.1, -0.05) is 269 Å². The Hall–Kier alpha value is -1.66. The molecule has 384 valence electrons. The lowest BCUT2D eigenvalue weighted by atomic mass is 10.0. The first kappa shape index (κ1) is 63.3. The number of hydrogen-bond acceptors (Lipinski definition) is 5. The molecule has 0 saturated carbocycles. The number of esters is 1. The van der Waals surface area contributed by atoms with Crippen molar-refractivity contribution in [1.29, 1.82) is 0 Å². The molecule has 0 aromatic rings. The Morgan fingerprint density at radius 3 is 1.09 bits per heavy atom. The van der Waals surface area contributed by atoms with Crippen molar-refractivity contribution in [2.75, 3.05) is 13.2 Å². The average Bonchev–Trinajstić information content (AvgIpc) is 3.31. The largest absolute Gasteiger partial charge is 0.466 e. The zero-order valence-electron chi connectivity index (χ0n) is 43.7. The van der Waals surface area contributed by atoms with E-state index in [1.54, 1.807) is 6.08 Å². The Kier molecular flexibility index (Phi) is 53.5. The minimum absolute atomic E-state index is 0.0110. The number of hydrogen-bond donors (Lipinski definition) is 3. The van der Waals surface area contributed by atoms with Gasteiger partial charge in [0.1, 0.15) is 0 Å². The Labute approximate surface area is 405 Å². The van der Waals surface area contributed by atoms with Crippen molar-refractivity contribution in [3.63, 3.8) is 0 Å². The van der Waals surface area contributed by atoms with E-state index < -0.39 is 12.1 Å². The van der Waals surface area contributed by atoms with Gasteiger partial charge in [0.15, 0.2) is 0 Å². The predicted molar refractivity (Wildman–Crippen MR) is 283 cm³/mol. The summed E-state index contributed by atoms with van der Waals surface area (Å²) >= 11 is 0. The number of aliphatic hydroxyl groups is 2. The maximum absolute atomic E-state index is 12.4. The highest BCUT2D eigenvalue weighted by atomic mass is 16.5. The van der Waals surface area contributed by atoms with E-state index in [1.807, 2.05) is 6.08 Å². The molecule has 0 aliphatic carbocycles. The van der Waals surface area contributed by atoms with Crippen LogP contribution < -0.4 is 5.32 Å². The molecule has 6 nitrogen and oxygen atoms in total. The molecule has 2 atom stereocenters. The highest BCUT2D eigenvalue weighted by Crippen LogP contribution is 2.17. The topological polar surface area (TPSA) is 95.9 Å². The van der Waals surface area contributed by atoms with E-state index in [9.17, 15) is 19.8 Å². The van der Waals surface area contributed by atoms with E-state index in [-0.39, 0.29) is 18.5 Å². The van der Waals surface area contributed by atoms with Crippen LogP contribution in [-0.4, -0.2) is 47.4 Å². The molecule has 0 aliphatic heterocycles. The summed E-state index contributed by atoms with van der Waals surface area (Å²) in [6.45, 7) is 4.90. The molecule has 0 spiro atoms. The summed E-state index contributed by atoms with van der Waals surface area (Å²) in [4.78, 5) is 24.5. The lowest BCUT2D eigenvalue weighted by Gasteiger charge is -2.20. The van der Waals surface area contributed by atoms with Crippen molar-refractivity contribution < 1.29 is 24.5 Å². The van der Waals surface area contributed by atoms with Crippen molar-refractivity contribution in [2.24, 2.45) is 0 Å². The molecule has 0 saturated heterocycles. The molecule has 65 heavy (non-hydrogen) atoms. The normalized spacial score (nSPS) is 12.7. The van der Waals surface area contributed by atoms with Crippen molar-refractivity contribution in [2.45, 2.75) is 328 Å². The first-order valence-electron chi connectivity index (χ1n) is 29.1. The number of unbranched alkanes of at least 4 members (excludes halogenated alkanes) is 41. The van der Waals surface area contributed by atoms with Crippen LogP contribution in [0.1, 0.15) is 316 Å². The monoisotopic (exact) mass is 916 g/mol. The molecule has 0 aromatic heterocycles. The van der Waals surface area contributed by atoms with Crippen LogP contribution in [0.2, 0.25) is 0 Å². The smallest absolute Gasteiger partial charge is 0.305 e. The molecular formula is C59H113NO5. The molecule has 0 rings (SSSR count). The lowest BCUT2D eigenvalue weighted by Crippen LogP contribution is -2.45. The van der Waals surface area contributed by atoms with Gasteiger partial charge in [-0.15, -0.1) is 0 Å². The summed E-state index contributed by atoms with van der Waals surface area (Å²) < 4.78 is 5.49. The number of carbonyl (C=O) groups is 2. The average molecular weight is 917 g/mol. The van der Waals surface area contributed by atoms with Gasteiger partial charge >= 0.3 is 5.97 Å². The van der Waals surface area contributed by atoms with Gasteiger partial charge in [-0.3, -0.25) is 9.59 Å². The second-order valence-electron chi connectivity index (χ2n) is 20.0. The van der Waals surface area contributed by atoms with E-state index in [2.05, 4.69) is 31.3 Å². The van der Waals surface area contributed by atoms with Crippen LogP contribution in [-0.2, 0) is 14.3 Å². The van der Waals surface area contributed by atoms with Gasteiger partial charge < -0.3 is 20.3 Å². The zero-order valence-corrected chi connectivity index (χ0v) is 43.7. The van der Waals surface area contributed by atoms with Crippen molar-refractivity contribution in [3.8, 4) is 0 Å². The number of ether oxygens (including phenoxy) is 1. The molecule has 0 bridgehead atoms. The van der Waals surface area contributed by atoms with Crippen LogP contribution in [0.5, 0.6) is 0 Å². The van der Waals surface area contributed by atoms with Crippen LogP contribution in [0.3, 0.4) is 0 Å². The van der Waals surface area contributed by atoms with E-state index in [0.29, 0.717) is 19.4 Å². The third kappa shape index (κ3) is 51.6. The number of amides is 1. The van der Waals surface area contributed by atoms with Gasteiger partial charge in [-0.25, -0.2) is 0 Å². The lowest BCUT2D eigenvalue weighted by molar-refractivity contribution is -0.143. The van der Waals surface area contributed by atoms with Gasteiger partial charge in [0.25, 0.3) is 0 Å². The van der Waals surface area contributed by atoms with Crippen LogP contribution in [0, 0.1) is 0 Å². The number of rotatable bonds is 54. The van der Waals surface area contributed by atoms with E-state index >= 15 is 0 Å². The van der Waals surface area contributed by atoms with Crippen LogP contribution in [0.25, 0.3) is 0 Å². The summed E-state index contributed by atoms with van der Waals surface area (Å²) in [5.74, 6) is -0.0655. The highest BCUT2D eigenvalue weighted by Gasteiger charge is 2.18. The Morgan fingerprint density at radius 2 is 0.723 bits per heavy atom. The quantitative estimate of drug-likeness (QED) is 0.0321. The maximum Gasteiger partial charge on any atom is 0.305 e. The first-order chi connectivity index (χ1) is 32.0. The van der Waals surface area contributed by atoms with Gasteiger partial charge in [0.05, 0.1) is 25.4 Å². The fourth-order valence-corrected chi connectivity index (χ4v) is 8.98. The molecule has 0 fully saturated rings. The minimum Gasteiger partial charge on any atom is -0.466 e. The summed E-state index contributed by atoms with van der Waals surface area (Å²) in [6, 6.07) is -0.632. The molecule has 0 heterocycles. The molecule has 1 amide bonds. The molecular weight excluding hydrogens is 803 g/mol. The van der Waals surface area contributed by atoms with E-state index in [1.165, 1.54) is 244 Å². The van der Waals surface area contributed by atoms with E-state index in [4.69, 9.17) is 4.74 Å². The minimum atomic E-state index is -0.847. The molecule has 0 radical (unpaired) electrons. The summed E-state index contributed by atoms with van der Waals surface area (Å²) in [7, 11) is 0. The van der Waals surface area contributed by atoms with Gasteiger partial charge in [0.2, 0.25) is 5.91 Å². The number of carbonyl (C=O) groups excluding carboxylic acids is 2. The molecule has 6 heteroatoms. The van der Waals surface area contributed by atoms with Crippen LogP contribution in [0.4, 0.5) is 0 Å². The first-order valence-corrected chi connectivity index (χ1v) is 29.1. The maximum atomic E-state index is 12.4. The predicted octanol–water partition coefficient (Wildman–Crippen LogP) is 17.9. The Morgan fingerprint density at radius 1 is 0.415 bits per heavy atom. The number of allylic oxidation sites excluding steroid dienone is 3. The summed E-state index contributed by atoms with van der Waals surface area (Å²) in [5, 5.41) is 23.0. The molecule has 0 aliphatic rings. The number of nitrogens with one attached hydrogen (secondary N) is 1. The van der Waals surface area contributed by atoms with Crippen LogP contribution >= 0.6 is 0 Å². The Bertz CT molecular complexity index is 1010. The molecule has 0 aromatic carbocycles. The number of aliphatic hydroxyl groups excluding tert-OH is 2. The van der Waals surface area contributed by atoms with Gasteiger partial charge in [0, 0.05) is 12.8 Å². The third-order valence-corrected chi connectivity index (χ3v) is 13.5. The van der Waals surface area contributed by atoms with Crippen molar-refractivity contribution in [3.05, 3.63) is 24.3 Å². The summed E-state index contributed by atoms with van der Waals surface area (Å²) in [6.07, 6.45) is 66.4. The highest BCUT2D eigenvalue weighted by molar-refractivity contribution is 5.76. The Balaban J connectivity index is 3.41. The fraction of sp³-hybridized carbons (Fsp3) is 0.898. The zero-order chi connectivity index (χ0) is 47.2. The van der Waals surface area contributed by atoms with Crippen molar-refractivity contribution >= 4 is 11.9 Å². The second-order valence-corrected chi connectivity index (χ2v) is 20.0. The van der Waals surface area contributed by atoms with Crippen LogP contribution in [0.15, 0.2) is 24.3 Å². The SMILES string of the molecule is CCCCCCCCCCC/C=C/C(O)C(CO)NC(=O)CCCCCCCCC/C=C\CCCCCCCCCCCCOC(=O)CCCCCCCCCCCCCCCCCC. The molecule has 2 unspecified atom stereocenters. The standard InChI is InChI=1S/C59H113NO5/c1-3-5-7-9-11-13-15-16-17-26-29-33-37-41-45-49-53-59(64)65-54-50-46-42-38-34-30-27-24-22-20-18-19-21-23-25-28-32-36-40-44-48-52-58(63)60-56(55-61)57(62)51-47-43-39-35-31-14-12-10-8-6-4-2/h19,21,47,51,56-57,61-62H,3-18,20,22-46,48-50,52-55H2,1-2H3,(H,60,63)/b21-19-,51-47+. The third-order valence-electron chi connectivity index (χ3n) is 13.5. The fourth-order valence-electron chi connectivity index (χ4n) is 8.98. The van der Waals surface area contributed by atoms with Gasteiger partial charge in [-0.05, 0) is 57.8 Å². The second kappa shape index (κ2) is 54.9. The van der Waals surface area contributed by atoms with E-state index in [0.717, 1.165) is 44.9 Å². The van der Waals surface area contributed by atoms with Gasteiger partial charge in [-0.2, -0.15) is 0 Å². The summed E-state index contributed by atoms with van der Waals surface area (Å²) in [5.41, 5.74) is 0. The molecule has 3 N–H and O–H groups in total.